The van der Waals surface area contributed by atoms with E-state index in [1.807, 2.05) is 46.8 Å². The van der Waals surface area contributed by atoms with Crippen LogP contribution in [0.15, 0.2) is 12.1 Å². The van der Waals surface area contributed by atoms with E-state index >= 15 is 0 Å². The summed E-state index contributed by atoms with van der Waals surface area (Å²) in [5.41, 5.74) is 8.52. The van der Waals surface area contributed by atoms with Gasteiger partial charge in [-0.2, -0.15) is 0 Å². The molecule has 2 fully saturated rings. The van der Waals surface area contributed by atoms with Gasteiger partial charge in [0.2, 0.25) is 5.91 Å². The van der Waals surface area contributed by atoms with Gasteiger partial charge in [-0.15, -0.1) is 0 Å². The minimum Gasteiger partial charge on any atom is -0.399 e. The van der Waals surface area contributed by atoms with Gasteiger partial charge in [0, 0.05) is 5.56 Å². The second kappa shape index (κ2) is 4.83. The maximum atomic E-state index is 11.8. The molecule has 0 atom stereocenters. The van der Waals surface area contributed by atoms with Crippen molar-refractivity contribution in [2.75, 3.05) is 0 Å². The van der Waals surface area contributed by atoms with Crippen LogP contribution in [0.25, 0.3) is 0 Å². The zero-order valence-electron chi connectivity index (χ0n) is 14.0. The van der Waals surface area contributed by atoms with Crippen molar-refractivity contribution in [3.05, 3.63) is 28.8 Å². The van der Waals surface area contributed by atoms with Crippen molar-refractivity contribution in [2.24, 2.45) is 5.73 Å². The van der Waals surface area contributed by atoms with Gasteiger partial charge >= 0.3 is 7.12 Å². The van der Waals surface area contributed by atoms with Crippen LogP contribution in [-0.2, 0) is 9.31 Å². The summed E-state index contributed by atoms with van der Waals surface area (Å²) in [5, 5.41) is 0. The van der Waals surface area contributed by atoms with Crippen molar-refractivity contribution in [1.82, 2.24) is 0 Å². The van der Waals surface area contributed by atoms with Gasteiger partial charge in [0.05, 0.1) is 11.2 Å². The predicted molar refractivity (Wildman–Crippen MR) is 87.4 cm³/mol. The standard InChI is InChI=1S/C17H24BNO3/c1-10-6-9-12(15(19)20)13(11-7-8-11)14(10)18-21-16(2,3)17(4,5)22-18/h6,9,11H,7-8H2,1-5H3,(H2,19,20). The zero-order chi connectivity index (χ0) is 16.3. The fourth-order valence-electron chi connectivity index (χ4n) is 3.05. The Morgan fingerprint density at radius 3 is 2.18 bits per heavy atom. The molecule has 1 amide bonds. The molecule has 1 aliphatic carbocycles. The lowest BCUT2D eigenvalue weighted by molar-refractivity contribution is 0.00578. The molecule has 118 valence electrons. The highest BCUT2D eigenvalue weighted by Crippen LogP contribution is 2.43. The maximum absolute atomic E-state index is 11.8. The van der Waals surface area contributed by atoms with Crippen LogP contribution >= 0.6 is 0 Å². The minimum absolute atomic E-state index is 0.375. The largest absolute Gasteiger partial charge is 0.495 e. The van der Waals surface area contributed by atoms with Crippen molar-refractivity contribution >= 4 is 18.5 Å². The summed E-state index contributed by atoms with van der Waals surface area (Å²) in [7, 11) is -0.445. The summed E-state index contributed by atoms with van der Waals surface area (Å²) in [5.74, 6) is 0.0242. The van der Waals surface area contributed by atoms with Crippen molar-refractivity contribution in [3.63, 3.8) is 0 Å². The van der Waals surface area contributed by atoms with Gasteiger partial charge < -0.3 is 15.0 Å². The maximum Gasteiger partial charge on any atom is 0.495 e. The first-order valence-electron chi connectivity index (χ1n) is 7.93. The van der Waals surface area contributed by atoms with Crippen LogP contribution < -0.4 is 11.2 Å². The molecule has 2 N–H and O–H groups in total. The Kier molecular flexibility index (Phi) is 3.42. The van der Waals surface area contributed by atoms with Gasteiger partial charge in [0.15, 0.2) is 0 Å². The quantitative estimate of drug-likeness (QED) is 0.871. The molecule has 2 aliphatic rings. The zero-order valence-corrected chi connectivity index (χ0v) is 14.0. The number of nitrogens with two attached hydrogens (primary N) is 1. The molecule has 3 rings (SSSR count). The summed E-state index contributed by atoms with van der Waals surface area (Å²) < 4.78 is 12.4. The van der Waals surface area contributed by atoms with Gasteiger partial charge in [-0.1, -0.05) is 11.6 Å². The monoisotopic (exact) mass is 301 g/mol. The number of carbonyl (C=O) groups excluding carboxylic acids is 1. The number of rotatable bonds is 3. The lowest BCUT2D eigenvalue weighted by Crippen LogP contribution is -2.41. The fourth-order valence-corrected chi connectivity index (χ4v) is 3.05. The van der Waals surface area contributed by atoms with Gasteiger partial charge in [-0.05, 0) is 70.5 Å². The van der Waals surface area contributed by atoms with E-state index in [0.717, 1.165) is 29.4 Å². The number of amides is 1. The number of hydrogen-bond donors (Lipinski definition) is 1. The molecule has 0 aromatic heterocycles. The molecule has 4 nitrogen and oxygen atoms in total. The first-order valence-corrected chi connectivity index (χ1v) is 7.93. The van der Waals surface area contributed by atoms with E-state index in [1.165, 1.54) is 0 Å². The summed E-state index contributed by atoms with van der Waals surface area (Å²) in [6, 6.07) is 3.77. The number of hydrogen-bond acceptors (Lipinski definition) is 3. The Bertz CT molecular complexity index is 619. The highest BCUT2D eigenvalue weighted by molar-refractivity contribution is 6.63. The molecular formula is C17H24BNO3. The second-order valence-corrected chi connectivity index (χ2v) is 7.48. The molecule has 0 bridgehead atoms. The third-order valence-electron chi connectivity index (χ3n) is 5.25. The third-order valence-corrected chi connectivity index (χ3v) is 5.25. The molecule has 1 heterocycles. The Morgan fingerprint density at radius 1 is 1.18 bits per heavy atom. The third kappa shape index (κ3) is 2.36. The predicted octanol–water partition coefficient (Wildman–Crippen LogP) is 2.27. The van der Waals surface area contributed by atoms with Crippen molar-refractivity contribution in [1.29, 1.82) is 0 Å². The average molecular weight is 301 g/mol. The van der Waals surface area contributed by atoms with Gasteiger partial charge in [-0.3, -0.25) is 4.79 Å². The molecule has 0 spiro atoms. The first kappa shape index (κ1) is 15.6. The van der Waals surface area contributed by atoms with E-state index in [0.29, 0.717) is 11.5 Å². The fraction of sp³-hybridized carbons (Fsp3) is 0.588. The van der Waals surface area contributed by atoms with Crippen LogP contribution in [0, 0.1) is 6.92 Å². The van der Waals surface area contributed by atoms with E-state index < -0.39 is 18.3 Å². The number of aryl methyl sites for hydroxylation is 1. The molecule has 0 unspecified atom stereocenters. The molecule has 1 saturated heterocycles. The summed E-state index contributed by atoms with van der Waals surface area (Å²) in [4.78, 5) is 11.8. The van der Waals surface area contributed by atoms with E-state index in [-0.39, 0.29) is 5.91 Å². The smallest absolute Gasteiger partial charge is 0.399 e. The van der Waals surface area contributed by atoms with Gasteiger partial charge in [0.25, 0.3) is 0 Å². The Balaban J connectivity index is 2.11. The van der Waals surface area contributed by atoms with Crippen LogP contribution in [0.5, 0.6) is 0 Å². The van der Waals surface area contributed by atoms with E-state index in [4.69, 9.17) is 15.0 Å². The number of carbonyl (C=O) groups is 1. The second-order valence-electron chi connectivity index (χ2n) is 7.48. The van der Waals surface area contributed by atoms with Crippen LogP contribution in [0.4, 0.5) is 0 Å². The normalized spacial score (nSPS) is 22.9. The number of primary amides is 1. The lowest BCUT2D eigenvalue weighted by atomic mass is 9.70. The topological polar surface area (TPSA) is 61.6 Å². The molecule has 1 aromatic rings. The Labute approximate surface area is 132 Å². The molecule has 1 aliphatic heterocycles. The van der Waals surface area contributed by atoms with E-state index in [9.17, 15) is 4.79 Å². The van der Waals surface area contributed by atoms with Crippen LogP contribution in [-0.4, -0.2) is 24.2 Å². The van der Waals surface area contributed by atoms with E-state index in [2.05, 4.69) is 0 Å². The molecular weight excluding hydrogens is 277 g/mol. The average Bonchev–Trinajstić information content (AvgIpc) is 3.16. The van der Waals surface area contributed by atoms with Gasteiger partial charge in [-0.25, -0.2) is 0 Å². The van der Waals surface area contributed by atoms with Crippen LogP contribution in [0.1, 0.15) is 67.9 Å². The van der Waals surface area contributed by atoms with Crippen LogP contribution in [0.2, 0.25) is 0 Å². The van der Waals surface area contributed by atoms with Crippen molar-refractivity contribution < 1.29 is 14.1 Å². The van der Waals surface area contributed by atoms with E-state index in [1.54, 1.807) is 0 Å². The van der Waals surface area contributed by atoms with Gasteiger partial charge in [0.1, 0.15) is 0 Å². The Hall–Kier alpha value is -1.33. The van der Waals surface area contributed by atoms with Crippen molar-refractivity contribution in [3.8, 4) is 0 Å². The molecule has 1 saturated carbocycles. The molecule has 1 aromatic carbocycles. The summed E-state index contributed by atoms with van der Waals surface area (Å²) >= 11 is 0. The lowest BCUT2D eigenvalue weighted by Gasteiger charge is -2.32. The molecule has 5 heteroatoms. The summed E-state index contributed by atoms with van der Waals surface area (Å²) in [6.45, 7) is 10.2. The Morgan fingerprint density at radius 2 is 1.73 bits per heavy atom. The highest BCUT2D eigenvalue weighted by atomic mass is 16.7. The summed E-state index contributed by atoms with van der Waals surface area (Å²) in [6.07, 6.45) is 2.19. The SMILES string of the molecule is Cc1ccc(C(N)=O)c(C2CC2)c1B1OC(C)(C)C(C)(C)O1. The first-order chi connectivity index (χ1) is 10.1. The minimum atomic E-state index is -0.445. The molecule has 22 heavy (non-hydrogen) atoms. The molecule has 0 radical (unpaired) electrons. The number of benzene rings is 1. The van der Waals surface area contributed by atoms with Crippen LogP contribution in [0.3, 0.4) is 0 Å². The van der Waals surface area contributed by atoms with Crippen molar-refractivity contribution in [2.45, 2.75) is 64.6 Å². The highest BCUT2D eigenvalue weighted by Gasteiger charge is 2.53.